The summed E-state index contributed by atoms with van der Waals surface area (Å²) in [5, 5.41) is 1.33. The lowest BCUT2D eigenvalue weighted by Gasteiger charge is -2.04. The van der Waals surface area contributed by atoms with Gasteiger partial charge < -0.3 is 4.74 Å². The van der Waals surface area contributed by atoms with Gasteiger partial charge in [-0.2, -0.15) is 0 Å². The number of hydrogen-bond acceptors (Lipinski definition) is 3. The van der Waals surface area contributed by atoms with Crippen LogP contribution >= 0.6 is 34.8 Å². The van der Waals surface area contributed by atoms with Gasteiger partial charge in [0.25, 0.3) is 0 Å². The molecule has 1 heterocycles. The molecule has 1 aromatic carbocycles. The zero-order valence-electron chi connectivity index (χ0n) is 10.7. The standard InChI is InChI=1S/C15H10Cl3NO2/c16-11-4-1-10(2-5-11)3-8-15(20)21-9-13-12(17)6-7-14(18)19-13/h1-8H,9H2. The number of aromatic nitrogens is 1. The second-order valence-electron chi connectivity index (χ2n) is 4.06. The number of rotatable bonds is 4. The van der Waals surface area contributed by atoms with E-state index >= 15 is 0 Å². The third kappa shape index (κ3) is 5.05. The Labute approximate surface area is 137 Å². The monoisotopic (exact) mass is 341 g/mol. The fraction of sp³-hybridized carbons (Fsp3) is 0.0667. The fourth-order valence-corrected chi connectivity index (χ4v) is 1.94. The van der Waals surface area contributed by atoms with E-state index in [-0.39, 0.29) is 6.61 Å². The number of pyridine rings is 1. The molecule has 0 spiro atoms. The molecule has 2 aromatic rings. The normalized spacial score (nSPS) is 10.8. The molecule has 0 bridgehead atoms. The lowest BCUT2D eigenvalue weighted by molar-refractivity contribution is -0.139. The molecule has 0 unspecified atom stereocenters. The van der Waals surface area contributed by atoms with Gasteiger partial charge in [0.2, 0.25) is 0 Å². The predicted octanol–water partition coefficient (Wildman–Crippen LogP) is 4.80. The summed E-state index contributed by atoms with van der Waals surface area (Å²) < 4.78 is 5.05. The number of ether oxygens (including phenoxy) is 1. The molecule has 6 heteroatoms. The Kier molecular flexibility index (Phi) is 5.62. The minimum atomic E-state index is -0.497. The molecule has 2 rings (SSSR count). The number of carbonyl (C=O) groups is 1. The maximum Gasteiger partial charge on any atom is 0.331 e. The number of carbonyl (C=O) groups excluding carboxylic acids is 1. The van der Waals surface area contributed by atoms with E-state index in [0.717, 1.165) is 5.56 Å². The molecule has 0 saturated carbocycles. The van der Waals surface area contributed by atoms with Gasteiger partial charge in [-0.05, 0) is 35.9 Å². The average Bonchev–Trinajstić information content (AvgIpc) is 2.47. The summed E-state index contributed by atoms with van der Waals surface area (Å²) in [6.45, 7) is -0.0385. The van der Waals surface area contributed by atoms with Gasteiger partial charge in [0.15, 0.2) is 0 Å². The van der Waals surface area contributed by atoms with Gasteiger partial charge in [-0.3, -0.25) is 0 Å². The Balaban J connectivity index is 1.93. The summed E-state index contributed by atoms with van der Waals surface area (Å²) >= 11 is 17.4. The van der Waals surface area contributed by atoms with E-state index < -0.39 is 5.97 Å². The van der Waals surface area contributed by atoms with Crippen molar-refractivity contribution in [1.82, 2.24) is 4.98 Å². The molecule has 1 aromatic heterocycles. The molecule has 0 radical (unpaired) electrons. The summed E-state index contributed by atoms with van der Waals surface area (Å²) in [7, 11) is 0. The largest absolute Gasteiger partial charge is 0.456 e. The minimum Gasteiger partial charge on any atom is -0.456 e. The van der Waals surface area contributed by atoms with Crippen LogP contribution < -0.4 is 0 Å². The molecule has 0 saturated heterocycles. The van der Waals surface area contributed by atoms with E-state index in [0.29, 0.717) is 20.9 Å². The van der Waals surface area contributed by atoms with Crippen LogP contribution in [0.3, 0.4) is 0 Å². The molecule has 21 heavy (non-hydrogen) atoms. The van der Waals surface area contributed by atoms with Crippen molar-refractivity contribution in [2.45, 2.75) is 6.61 Å². The van der Waals surface area contributed by atoms with E-state index in [2.05, 4.69) is 4.98 Å². The lowest BCUT2D eigenvalue weighted by atomic mass is 10.2. The highest BCUT2D eigenvalue weighted by Gasteiger charge is 2.06. The van der Waals surface area contributed by atoms with Crippen LogP contribution in [0.1, 0.15) is 11.3 Å². The van der Waals surface area contributed by atoms with Crippen LogP contribution in [0, 0.1) is 0 Å². The SMILES string of the molecule is O=C(C=Cc1ccc(Cl)cc1)OCc1nc(Cl)ccc1Cl. The van der Waals surface area contributed by atoms with Crippen LogP contribution in [-0.4, -0.2) is 11.0 Å². The zero-order valence-corrected chi connectivity index (χ0v) is 13.0. The summed E-state index contributed by atoms with van der Waals surface area (Å²) in [4.78, 5) is 15.6. The molecule has 0 N–H and O–H groups in total. The Hall–Kier alpha value is -1.55. The van der Waals surface area contributed by atoms with E-state index in [1.165, 1.54) is 6.08 Å². The number of benzene rings is 1. The van der Waals surface area contributed by atoms with Gasteiger partial charge in [-0.15, -0.1) is 0 Å². The van der Waals surface area contributed by atoms with Crippen LogP contribution in [0.2, 0.25) is 15.2 Å². The molecule has 0 atom stereocenters. The summed E-state index contributed by atoms with van der Waals surface area (Å²) in [5.74, 6) is -0.497. The van der Waals surface area contributed by atoms with Crippen molar-refractivity contribution in [3.63, 3.8) is 0 Å². The van der Waals surface area contributed by atoms with Crippen molar-refractivity contribution in [3.05, 3.63) is 68.9 Å². The zero-order chi connectivity index (χ0) is 15.2. The van der Waals surface area contributed by atoms with Crippen LogP contribution in [0.5, 0.6) is 0 Å². The Morgan fingerprint density at radius 1 is 1.10 bits per heavy atom. The van der Waals surface area contributed by atoms with Crippen LogP contribution in [0.25, 0.3) is 6.08 Å². The van der Waals surface area contributed by atoms with Crippen molar-refractivity contribution >= 4 is 46.8 Å². The second kappa shape index (κ2) is 7.46. The maximum atomic E-state index is 11.6. The van der Waals surface area contributed by atoms with Crippen molar-refractivity contribution in [2.75, 3.05) is 0 Å². The first kappa shape index (κ1) is 15.8. The Morgan fingerprint density at radius 2 is 1.81 bits per heavy atom. The molecular formula is C15H10Cl3NO2. The fourth-order valence-electron chi connectivity index (χ4n) is 1.48. The van der Waals surface area contributed by atoms with Gasteiger partial charge in [-0.1, -0.05) is 46.9 Å². The molecule has 3 nitrogen and oxygen atoms in total. The second-order valence-corrected chi connectivity index (χ2v) is 5.29. The summed E-state index contributed by atoms with van der Waals surface area (Å²) in [6, 6.07) is 10.2. The van der Waals surface area contributed by atoms with Crippen molar-refractivity contribution in [2.24, 2.45) is 0 Å². The van der Waals surface area contributed by atoms with Crippen molar-refractivity contribution in [3.8, 4) is 0 Å². The van der Waals surface area contributed by atoms with Gasteiger partial charge in [0.05, 0.1) is 10.7 Å². The predicted molar refractivity (Wildman–Crippen MR) is 84.5 cm³/mol. The first-order valence-corrected chi connectivity index (χ1v) is 7.09. The quantitative estimate of drug-likeness (QED) is 0.455. The van der Waals surface area contributed by atoms with Crippen molar-refractivity contribution < 1.29 is 9.53 Å². The smallest absolute Gasteiger partial charge is 0.331 e. The van der Waals surface area contributed by atoms with Gasteiger partial charge in [0.1, 0.15) is 11.8 Å². The minimum absolute atomic E-state index is 0.0385. The van der Waals surface area contributed by atoms with Crippen LogP contribution in [0.4, 0.5) is 0 Å². The number of hydrogen-bond donors (Lipinski definition) is 0. The topological polar surface area (TPSA) is 39.2 Å². The number of nitrogens with zero attached hydrogens (tertiary/aromatic N) is 1. The first-order chi connectivity index (χ1) is 10.0. The third-order valence-corrected chi connectivity index (χ3v) is 3.32. The molecule has 0 aliphatic heterocycles. The third-order valence-electron chi connectivity index (χ3n) is 2.52. The Bertz CT molecular complexity index is 669. The molecule has 0 fully saturated rings. The summed E-state index contributed by atoms with van der Waals surface area (Å²) in [6.07, 6.45) is 2.95. The van der Waals surface area contributed by atoms with Gasteiger partial charge in [-0.25, -0.2) is 9.78 Å². The number of esters is 1. The molecule has 0 aliphatic carbocycles. The van der Waals surface area contributed by atoms with Crippen LogP contribution in [-0.2, 0) is 16.1 Å². The number of halogens is 3. The highest BCUT2D eigenvalue weighted by atomic mass is 35.5. The van der Waals surface area contributed by atoms with E-state index in [1.54, 1.807) is 42.5 Å². The highest BCUT2D eigenvalue weighted by molar-refractivity contribution is 6.32. The lowest BCUT2D eigenvalue weighted by Crippen LogP contribution is -2.03. The van der Waals surface area contributed by atoms with Crippen LogP contribution in [0.15, 0.2) is 42.5 Å². The first-order valence-electron chi connectivity index (χ1n) is 5.96. The van der Waals surface area contributed by atoms with E-state index in [1.807, 2.05) is 0 Å². The van der Waals surface area contributed by atoms with Crippen molar-refractivity contribution in [1.29, 1.82) is 0 Å². The van der Waals surface area contributed by atoms with E-state index in [4.69, 9.17) is 39.5 Å². The Morgan fingerprint density at radius 3 is 2.52 bits per heavy atom. The van der Waals surface area contributed by atoms with Gasteiger partial charge in [0, 0.05) is 11.1 Å². The molecule has 0 amide bonds. The summed E-state index contributed by atoms with van der Waals surface area (Å²) in [5.41, 5.74) is 1.26. The molecule has 108 valence electrons. The average molecular weight is 343 g/mol. The highest BCUT2D eigenvalue weighted by Crippen LogP contribution is 2.17. The van der Waals surface area contributed by atoms with E-state index in [9.17, 15) is 4.79 Å². The van der Waals surface area contributed by atoms with Gasteiger partial charge >= 0.3 is 5.97 Å². The molecular weight excluding hydrogens is 333 g/mol. The molecule has 0 aliphatic rings. The maximum absolute atomic E-state index is 11.6.